The van der Waals surface area contributed by atoms with Crippen LogP contribution in [0.3, 0.4) is 0 Å². The number of nitrogens with one attached hydrogen (secondary N) is 2. The van der Waals surface area contributed by atoms with Crippen molar-refractivity contribution in [3.05, 3.63) is 65.5 Å². The summed E-state index contributed by atoms with van der Waals surface area (Å²) >= 11 is 0. The van der Waals surface area contributed by atoms with Crippen LogP contribution in [0.4, 0.5) is 4.39 Å². The van der Waals surface area contributed by atoms with E-state index < -0.39 is 17.8 Å². The van der Waals surface area contributed by atoms with Gasteiger partial charge < -0.3 is 15.4 Å². The van der Waals surface area contributed by atoms with Crippen LogP contribution in [0.1, 0.15) is 29.8 Å². The lowest BCUT2D eigenvalue weighted by molar-refractivity contribution is -0.129. The second-order valence-electron chi connectivity index (χ2n) is 5.83. The molecule has 0 aliphatic heterocycles. The number of amides is 2. The monoisotopic (exact) mass is 372 g/mol. The molecule has 0 unspecified atom stereocenters. The third-order valence-corrected chi connectivity index (χ3v) is 3.71. The molecule has 0 spiro atoms. The van der Waals surface area contributed by atoms with Gasteiger partial charge in [0.1, 0.15) is 17.6 Å². The normalized spacial score (nSPS) is 11.4. The zero-order chi connectivity index (χ0) is 19.8. The molecule has 0 saturated carbocycles. The number of likely N-dealkylation sites (N-methyl/N-ethyl adjacent to an activating group) is 1. The smallest absolute Gasteiger partial charge is 0.258 e. The van der Waals surface area contributed by atoms with Crippen LogP contribution in [0.25, 0.3) is 0 Å². The van der Waals surface area contributed by atoms with Gasteiger partial charge in [0.25, 0.3) is 5.91 Å². The molecule has 2 N–H and O–H groups in total. The molecule has 0 aliphatic rings. The Morgan fingerprint density at radius 1 is 1.00 bits per heavy atom. The van der Waals surface area contributed by atoms with E-state index in [2.05, 4.69) is 10.6 Å². The Morgan fingerprint density at radius 2 is 1.56 bits per heavy atom. The summed E-state index contributed by atoms with van der Waals surface area (Å²) in [7, 11) is 0. The lowest BCUT2D eigenvalue weighted by atomic mass is 10.0. The molecule has 0 fully saturated rings. The first-order valence-corrected chi connectivity index (χ1v) is 8.51. The fourth-order valence-corrected chi connectivity index (χ4v) is 2.30. The molecule has 7 heteroatoms. The Balaban J connectivity index is 1.88. The number of ketones is 1. The van der Waals surface area contributed by atoms with E-state index in [9.17, 15) is 18.8 Å². The van der Waals surface area contributed by atoms with Crippen molar-refractivity contribution < 1.29 is 23.5 Å². The summed E-state index contributed by atoms with van der Waals surface area (Å²) in [6, 6.07) is 10.9. The Hall–Kier alpha value is -3.22. The molecule has 1 atom stereocenters. The maximum atomic E-state index is 12.9. The Labute approximate surface area is 156 Å². The minimum atomic E-state index is -0.656. The number of hydrogen-bond acceptors (Lipinski definition) is 4. The highest BCUT2D eigenvalue weighted by atomic mass is 19.1. The topological polar surface area (TPSA) is 84.5 Å². The SMILES string of the molecule is CCNC(=O)[C@H](C)NC(=O)COc1ccc(C(=O)c2ccc(F)cc2)cc1. The van der Waals surface area contributed by atoms with Crippen molar-refractivity contribution in [3.63, 3.8) is 0 Å². The van der Waals surface area contributed by atoms with Gasteiger partial charge in [-0.25, -0.2) is 4.39 Å². The van der Waals surface area contributed by atoms with E-state index in [-0.39, 0.29) is 18.3 Å². The second-order valence-corrected chi connectivity index (χ2v) is 5.83. The van der Waals surface area contributed by atoms with Crippen molar-refractivity contribution in [1.82, 2.24) is 10.6 Å². The number of hydrogen-bond donors (Lipinski definition) is 2. The highest BCUT2D eigenvalue weighted by molar-refractivity contribution is 6.09. The minimum Gasteiger partial charge on any atom is -0.484 e. The number of carbonyl (C=O) groups is 3. The molecule has 0 bridgehead atoms. The van der Waals surface area contributed by atoms with E-state index >= 15 is 0 Å². The van der Waals surface area contributed by atoms with Crippen LogP contribution in [0.2, 0.25) is 0 Å². The van der Waals surface area contributed by atoms with Gasteiger partial charge in [-0.3, -0.25) is 14.4 Å². The van der Waals surface area contributed by atoms with Crippen LogP contribution in [-0.2, 0) is 9.59 Å². The van der Waals surface area contributed by atoms with Gasteiger partial charge in [0, 0.05) is 17.7 Å². The predicted molar refractivity (Wildman–Crippen MR) is 98.1 cm³/mol. The van der Waals surface area contributed by atoms with Crippen LogP contribution >= 0.6 is 0 Å². The first-order valence-electron chi connectivity index (χ1n) is 8.51. The van der Waals surface area contributed by atoms with Gasteiger partial charge in [-0.2, -0.15) is 0 Å². The van der Waals surface area contributed by atoms with Crippen LogP contribution in [0.5, 0.6) is 5.75 Å². The third kappa shape index (κ3) is 5.91. The number of benzene rings is 2. The molecule has 0 aromatic heterocycles. The van der Waals surface area contributed by atoms with Gasteiger partial charge in [0.05, 0.1) is 0 Å². The molecule has 2 rings (SSSR count). The van der Waals surface area contributed by atoms with Crippen LogP contribution in [0.15, 0.2) is 48.5 Å². The van der Waals surface area contributed by atoms with Crippen LogP contribution in [0, 0.1) is 5.82 Å². The Bertz CT molecular complexity index is 804. The maximum Gasteiger partial charge on any atom is 0.258 e. The molecule has 142 valence electrons. The third-order valence-electron chi connectivity index (χ3n) is 3.71. The fourth-order valence-electron chi connectivity index (χ4n) is 2.30. The van der Waals surface area contributed by atoms with Crippen molar-refractivity contribution in [2.45, 2.75) is 19.9 Å². The van der Waals surface area contributed by atoms with Crippen molar-refractivity contribution in [2.24, 2.45) is 0 Å². The van der Waals surface area contributed by atoms with Gasteiger partial charge in [0.15, 0.2) is 12.4 Å². The summed E-state index contributed by atoms with van der Waals surface area (Å²) in [6.45, 7) is 3.60. The van der Waals surface area contributed by atoms with E-state index in [1.165, 1.54) is 24.3 Å². The van der Waals surface area contributed by atoms with Crippen molar-refractivity contribution in [1.29, 1.82) is 0 Å². The highest BCUT2D eigenvalue weighted by Crippen LogP contribution is 2.16. The first kappa shape index (κ1) is 20.1. The van der Waals surface area contributed by atoms with Crippen LogP contribution < -0.4 is 15.4 Å². The predicted octanol–water partition coefficient (Wildman–Crippen LogP) is 2.08. The zero-order valence-electron chi connectivity index (χ0n) is 15.1. The Morgan fingerprint density at radius 3 is 2.11 bits per heavy atom. The first-order chi connectivity index (χ1) is 12.9. The standard InChI is InChI=1S/C20H21FN2O4/c1-3-22-20(26)13(2)23-18(24)12-27-17-10-6-15(7-11-17)19(25)14-4-8-16(21)9-5-14/h4-11,13H,3,12H2,1-2H3,(H,22,26)(H,23,24)/t13-/m0/s1. The molecule has 0 aliphatic carbocycles. The molecule has 2 aromatic carbocycles. The van der Waals surface area contributed by atoms with Gasteiger partial charge in [-0.1, -0.05) is 0 Å². The molecule has 0 heterocycles. The van der Waals surface area contributed by atoms with Gasteiger partial charge in [0.2, 0.25) is 5.91 Å². The summed E-state index contributed by atoms with van der Waals surface area (Å²) in [5.41, 5.74) is 0.798. The summed E-state index contributed by atoms with van der Waals surface area (Å²) in [5, 5.41) is 5.14. The summed E-state index contributed by atoms with van der Waals surface area (Å²) in [6.07, 6.45) is 0. The fraction of sp³-hybridized carbons (Fsp3) is 0.250. The van der Waals surface area contributed by atoms with Crippen molar-refractivity contribution >= 4 is 17.6 Å². The van der Waals surface area contributed by atoms with E-state index in [0.29, 0.717) is 23.4 Å². The van der Waals surface area contributed by atoms with E-state index in [0.717, 1.165) is 0 Å². The number of halogens is 1. The maximum absolute atomic E-state index is 12.9. The van der Waals surface area contributed by atoms with E-state index in [4.69, 9.17) is 4.74 Å². The molecular formula is C20H21FN2O4. The summed E-state index contributed by atoms with van der Waals surface area (Å²) < 4.78 is 18.3. The average Bonchev–Trinajstić information content (AvgIpc) is 2.67. The average molecular weight is 372 g/mol. The lowest BCUT2D eigenvalue weighted by Crippen LogP contribution is -2.46. The number of rotatable bonds is 8. The van der Waals surface area contributed by atoms with Crippen molar-refractivity contribution in [2.75, 3.05) is 13.2 Å². The molecule has 2 amide bonds. The van der Waals surface area contributed by atoms with Crippen LogP contribution in [-0.4, -0.2) is 36.8 Å². The van der Waals surface area contributed by atoms with Crippen molar-refractivity contribution in [3.8, 4) is 5.75 Å². The molecule has 0 radical (unpaired) electrons. The quantitative estimate of drug-likeness (QED) is 0.695. The van der Waals surface area contributed by atoms with Gasteiger partial charge >= 0.3 is 0 Å². The molecule has 27 heavy (non-hydrogen) atoms. The van der Waals surface area contributed by atoms with E-state index in [1.54, 1.807) is 38.1 Å². The second kappa shape index (κ2) is 9.47. The minimum absolute atomic E-state index is 0.241. The summed E-state index contributed by atoms with van der Waals surface area (Å²) in [4.78, 5) is 35.7. The summed E-state index contributed by atoms with van der Waals surface area (Å²) in [5.74, 6) is -0.939. The van der Waals surface area contributed by atoms with Gasteiger partial charge in [-0.15, -0.1) is 0 Å². The number of carbonyl (C=O) groups excluding carboxylic acids is 3. The van der Waals surface area contributed by atoms with E-state index in [1.807, 2.05) is 0 Å². The Kier molecular flexibility index (Phi) is 7.05. The lowest BCUT2D eigenvalue weighted by Gasteiger charge is -2.13. The zero-order valence-corrected chi connectivity index (χ0v) is 15.1. The highest BCUT2D eigenvalue weighted by Gasteiger charge is 2.15. The molecule has 6 nitrogen and oxygen atoms in total. The number of ether oxygens (including phenoxy) is 1. The molecular weight excluding hydrogens is 351 g/mol. The van der Waals surface area contributed by atoms with Gasteiger partial charge in [-0.05, 0) is 62.4 Å². The molecule has 2 aromatic rings. The molecule has 0 saturated heterocycles. The largest absolute Gasteiger partial charge is 0.484 e.